The summed E-state index contributed by atoms with van der Waals surface area (Å²) in [6.07, 6.45) is 7.48. The molecule has 0 spiro atoms. The first kappa shape index (κ1) is 9.15. The van der Waals surface area contributed by atoms with Crippen molar-refractivity contribution in [2.24, 2.45) is 23.7 Å². The van der Waals surface area contributed by atoms with Gasteiger partial charge in [0.05, 0.1) is 0 Å². The molecule has 3 aliphatic carbocycles. The maximum atomic E-state index is 2.32. The largest absolute Gasteiger partial charge is 0.133 e. The zero-order valence-electron chi connectivity index (χ0n) is 9.73. The molecule has 2 bridgehead atoms. The second-order valence-corrected chi connectivity index (χ2v) is 5.96. The van der Waals surface area contributed by atoms with Crippen LogP contribution >= 0.6 is 0 Å². The molecule has 0 nitrogen and oxygen atoms in total. The summed E-state index contributed by atoms with van der Waals surface area (Å²) in [6.45, 7) is 0. The maximum Gasteiger partial charge on any atom is 0.133 e. The van der Waals surface area contributed by atoms with Crippen LogP contribution in [0.1, 0.15) is 37.7 Å². The number of hydrogen-bond donors (Lipinski definition) is 0. The third kappa shape index (κ3) is 1.13. The van der Waals surface area contributed by atoms with Gasteiger partial charge >= 0.3 is 0 Å². The molecule has 0 aliphatic heterocycles. The van der Waals surface area contributed by atoms with Crippen molar-refractivity contribution in [3.63, 3.8) is 0 Å². The lowest BCUT2D eigenvalue weighted by atomic mass is 9.73. The van der Waals surface area contributed by atoms with E-state index in [1.165, 1.54) is 32.1 Å². The Bertz CT molecular complexity index is 380. The Morgan fingerprint density at radius 3 is 2.69 bits per heavy atom. The maximum absolute atomic E-state index is 2.32. The molecular weight excluding hydrogens is 192 g/mol. The van der Waals surface area contributed by atoms with E-state index in [-0.39, 0.29) is 0 Å². The summed E-state index contributed by atoms with van der Waals surface area (Å²) in [5.41, 5.74) is 1.54. The molecule has 4 rings (SSSR count). The van der Waals surface area contributed by atoms with Crippen molar-refractivity contribution in [1.29, 1.82) is 0 Å². The van der Waals surface area contributed by atoms with Gasteiger partial charge in [-0.15, -0.1) is 0 Å². The van der Waals surface area contributed by atoms with Crippen LogP contribution < -0.4 is 0 Å². The van der Waals surface area contributed by atoms with Crippen LogP contribution in [0, 0.1) is 29.6 Å². The van der Waals surface area contributed by atoms with Crippen molar-refractivity contribution in [1.82, 2.24) is 0 Å². The standard InChI is InChI=1S/C16H19/c1-2-5-11(6-3-1)15-9-12-10-16(15)14-8-4-7-13(12)14/h1-3,5-6,12-14,16H,4,7-10H2/q+1/t12-,13+,14+,16+/m1/s1. The first-order valence-electron chi connectivity index (χ1n) is 6.84. The normalized spacial score (nSPS) is 40.4. The van der Waals surface area contributed by atoms with Gasteiger partial charge in [0, 0.05) is 30.4 Å². The Balaban J connectivity index is 1.65. The molecule has 1 aromatic carbocycles. The molecule has 0 heteroatoms. The van der Waals surface area contributed by atoms with Crippen molar-refractivity contribution in [2.75, 3.05) is 0 Å². The lowest BCUT2D eigenvalue weighted by Gasteiger charge is -2.27. The molecule has 4 atom stereocenters. The van der Waals surface area contributed by atoms with E-state index in [9.17, 15) is 0 Å². The second-order valence-electron chi connectivity index (χ2n) is 5.96. The molecule has 0 amide bonds. The minimum absolute atomic E-state index is 0.958. The van der Waals surface area contributed by atoms with Crippen LogP contribution in [-0.4, -0.2) is 0 Å². The fourth-order valence-electron chi connectivity index (χ4n) is 4.83. The summed E-state index contributed by atoms with van der Waals surface area (Å²) in [7, 11) is 0. The molecule has 82 valence electrons. The Hall–Kier alpha value is -0.910. The molecule has 0 heterocycles. The zero-order chi connectivity index (χ0) is 10.5. The van der Waals surface area contributed by atoms with Crippen LogP contribution in [0.15, 0.2) is 30.3 Å². The third-order valence-corrected chi connectivity index (χ3v) is 5.38. The summed E-state index contributed by atoms with van der Waals surface area (Å²) < 4.78 is 0. The van der Waals surface area contributed by atoms with E-state index in [2.05, 4.69) is 30.3 Å². The monoisotopic (exact) mass is 211 g/mol. The molecule has 16 heavy (non-hydrogen) atoms. The average molecular weight is 211 g/mol. The smallest absolute Gasteiger partial charge is 0.0527 e. The van der Waals surface area contributed by atoms with Crippen molar-refractivity contribution in [2.45, 2.75) is 32.1 Å². The van der Waals surface area contributed by atoms with E-state index in [1.54, 1.807) is 11.5 Å². The van der Waals surface area contributed by atoms with Gasteiger partial charge in [-0.05, 0) is 55.2 Å². The first-order chi connectivity index (χ1) is 7.93. The fourth-order valence-corrected chi connectivity index (χ4v) is 4.83. The van der Waals surface area contributed by atoms with Gasteiger partial charge in [-0.1, -0.05) is 6.42 Å². The molecule has 3 fully saturated rings. The SMILES string of the molecule is c1ccc([C+]2C[C@@H]3C[C@H]2[C@H]2CCC[C@@H]32)cc1. The molecule has 3 aliphatic rings. The highest BCUT2D eigenvalue weighted by Gasteiger charge is 2.57. The quantitative estimate of drug-likeness (QED) is 0.614. The summed E-state index contributed by atoms with van der Waals surface area (Å²) >= 11 is 0. The molecular formula is C16H19+. The molecule has 0 N–H and O–H groups in total. The minimum atomic E-state index is 0.958. The van der Waals surface area contributed by atoms with Gasteiger partial charge < -0.3 is 0 Å². The van der Waals surface area contributed by atoms with Gasteiger partial charge in [-0.3, -0.25) is 0 Å². The van der Waals surface area contributed by atoms with E-state index in [0.717, 1.165) is 23.7 Å². The molecule has 0 radical (unpaired) electrons. The van der Waals surface area contributed by atoms with Gasteiger partial charge in [0.15, 0.2) is 0 Å². The number of benzene rings is 1. The summed E-state index contributed by atoms with van der Waals surface area (Å²) in [6, 6.07) is 11.2. The van der Waals surface area contributed by atoms with Crippen LogP contribution in [-0.2, 0) is 0 Å². The lowest BCUT2D eigenvalue weighted by Crippen LogP contribution is -2.23. The molecule has 0 aromatic heterocycles. The Morgan fingerprint density at radius 2 is 1.81 bits per heavy atom. The minimum Gasteiger partial charge on any atom is -0.0527 e. The second kappa shape index (κ2) is 3.29. The highest BCUT2D eigenvalue weighted by atomic mass is 14.6. The van der Waals surface area contributed by atoms with Gasteiger partial charge in [0.2, 0.25) is 0 Å². The highest BCUT2D eigenvalue weighted by Crippen LogP contribution is 2.63. The van der Waals surface area contributed by atoms with Crippen LogP contribution in [0.3, 0.4) is 0 Å². The van der Waals surface area contributed by atoms with Gasteiger partial charge in [-0.2, -0.15) is 0 Å². The van der Waals surface area contributed by atoms with Crippen molar-refractivity contribution in [3.8, 4) is 0 Å². The Morgan fingerprint density at radius 1 is 1.00 bits per heavy atom. The molecule has 1 aromatic rings. The van der Waals surface area contributed by atoms with Crippen LogP contribution in [0.2, 0.25) is 0 Å². The van der Waals surface area contributed by atoms with E-state index >= 15 is 0 Å². The molecule has 0 unspecified atom stereocenters. The van der Waals surface area contributed by atoms with Crippen LogP contribution in [0.4, 0.5) is 0 Å². The van der Waals surface area contributed by atoms with Crippen LogP contribution in [0.25, 0.3) is 0 Å². The van der Waals surface area contributed by atoms with E-state index < -0.39 is 0 Å². The number of hydrogen-bond acceptors (Lipinski definition) is 0. The Labute approximate surface area is 98.1 Å². The predicted octanol–water partition coefficient (Wildman–Crippen LogP) is 4.07. The van der Waals surface area contributed by atoms with Crippen molar-refractivity contribution >= 4 is 0 Å². The molecule has 0 saturated heterocycles. The first-order valence-corrected chi connectivity index (χ1v) is 6.84. The van der Waals surface area contributed by atoms with Gasteiger partial charge in [0.1, 0.15) is 5.56 Å². The van der Waals surface area contributed by atoms with Crippen LogP contribution in [0.5, 0.6) is 0 Å². The van der Waals surface area contributed by atoms with Crippen molar-refractivity contribution in [3.05, 3.63) is 41.8 Å². The van der Waals surface area contributed by atoms with E-state index in [0.29, 0.717) is 0 Å². The third-order valence-electron chi connectivity index (χ3n) is 5.38. The molecule has 3 saturated carbocycles. The fraction of sp³-hybridized carbons (Fsp3) is 0.562. The summed E-state index contributed by atoms with van der Waals surface area (Å²) in [5.74, 6) is 5.98. The lowest BCUT2D eigenvalue weighted by molar-refractivity contribution is 0.285. The van der Waals surface area contributed by atoms with E-state index in [4.69, 9.17) is 0 Å². The average Bonchev–Trinajstić information content (AvgIpc) is 3.02. The van der Waals surface area contributed by atoms with Gasteiger partial charge in [0.25, 0.3) is 0 Å². The van der Waals surface area contributed by atoms with Gasteiger partial charge in [-0.25, -0.2) is 0 Å². The summed E-state index contributed by atoms with van der Waals surface area (Å²) in [5, 5.41) is 0. The predicted molar refractivity (Wildman–Crippen MR) is 65.8 cm³/mol. The topological polar surface area (TPSA) is 0 Å². The Kier molecular flexibility index (Phi) is 1.88. The number of fused-ring (bicyclic) bond motifs is 5. The highest BCUT2D eigenvalue weighted by molar-refractivity contribution is 5.36. The zero-order valence-corrected chi connectivity index (χ0v) is 9.73. The van der Waals surface area contributed by atoms with Crippen molar-refractivity contribution < 1.29 is 0 Å². The van der Waals surface area contributed by atoms with E-state index in [1.807, 2.05) is 0 Å². The summed E-state index contributed by atoms with van der Waals surface area (Å²) in [4.78, 5) is 0. The number of rotatable bonds is 1.